The zero-order valence-corrected chi connectivity index (χ0v) is 13.1. The Balaban J connectivity index is 1.48. The Morgan fingerprint density at radius 2 is 2.22 bits per heavy atom. The van der Waals surface area contributed by atoms with E-state index in [4.69, 9.17) is 10.5 Å². The van der Waals surface area contributed by atoms with Crippen LogP contribution in [-0.4, -0.2) is 34.9 Å². The number of nitrogens with one attached hydrogen (secondary N) is 1. The third-order valence-electron chi connectivity index (χ3n) is 3.92. The molecule has 6 heteroatoms. The number of para-hydroxylation sites is 1. The summed E-state index contributed by atoms with van der Waals surface area (Å²) in [6.45, 7) is 1.31. The third kappa shape index (κ3) is 3.90. The minimum Gasteiger partial charge on any atom is -0.384 e. The summed E-state index contributed by atoms with van der Waals surface area (Å²) >= 11 is 0. The van der Waals surface area contributed by atoms with E-state index in [9.17, 15) is 4.79 Å². The van der Waals surface area contributed by atoms with Crippen molar-refractivity contribution in [1.82, 2.24) is 15.1 Å². The van der Waals surface area contributed by atoms with Crippen molar-refractivity contribution in [2.24, 2.45) is 0 Å². The predicted octanol–water partition coefficient (Wildman–Crippen LogP) is 1.68. The maximum Gasteiger partial charge on any atom is 0.249 e. The average molecular weight is 314 g/mol. The molecule has 23 heavy (non-hydrogen) atoms. The second kappa shape index (κ2) is 7.28. The van der Waals surface area contributed by atoms with Gasteiger partial charge in [0.25, 0.3) is 0 Å². The lowest BCUT2D eigenvalue weighted by Crippen LogP contribution is -2.34. The number of anilines is 1. The molecular formula is C17H22N4O2. The number of nitrogens with two attached hydrogens (primary N) is 1. The summed E-state index contributed by atoms with van der Waals surface area (Å²) in [5, 5.41) is 7.45. The van der Waals surface area contributed by atoms with E-state index < -0.39 is 0 Å². The van der Waals surface area contributed by atoms with Crippen LogP contribution >= 0.6 is 0 Å². The molecule has 1 fully saturated rings. The summed E-state index contributed by atoms with van der Waals surface area (Å²) in [5.74, 6) is 0.617. The number of nitrogens with zero attached hydrogens (tertiary/aromatic N) is 2. The fourth-order valence-corrected chi connectivity index (χ4v) is 2.72. The Kier molecular flexibility index (Phi) is 4.92. The highest BCUT2D eigenvalue weighted by atomic mass is 16.5. The normalized spacial score (nSPS) is 17.3. The minimum atomic E-state index is -0.261. The van der Waals surface area contributed by atoms with Crippen molar-refractivity contribution in [1.29, 1.82) is 0 Å². The second-order valence-electron chi connectivity index (χ2n) is 5.70. The molecule has 0 unspecified atom stereocenters. The minimum absolute atomic E-state index is 0.00294. The van der Waals surface area contributed by atoms with Crippen LogP contribution in [0.3, 0.4) is 0 Å². The number of rotatable bonds is 6. The third-order valence-corrected chi connectivity index (χ3v) is 3.92. The Morgan fingerprint density at radius 1 is 1.39 bits per heavy atom. The van der Waals surface area contributed by atoms with Crippen LogP contribution in [0.2, 0.25) is 0 Å². The van der Waals surface area contributed by atoms with Gasteiger partial charge in [0.15, 0.2) is 0 Å². The number of aromatic nitrogens is 2. The Bertz CT molecular complexity index is 648. The molecule has 122 valence electrons. The van der Waals surface area contributed by atoms with Crippen molar-refractivity contribution >= 4 is 11.7 Å². The van der Waals surface area contributed by atoms with Gasteiger partial charge in [0, 0.05) is 19.2 Å². The van der Waals surface area contributed by atoms with Gasteiger partial charge in [0.05, 0.1) is 11.4 Å². The lowest BCUT2D eigenvalue weighted by Gasteiger charge is -2.09. The highest BCUT2D eigenvalue weighted by molar-refractivity contribution is 5.80. The summed E-state index contributed by atoms with van der Waals surface area (Å²) < 4.78 is 7.09. The first kappa shape index (κ1) is 15.6. The molecule has 3 rings (SSSR count). The van der Waals surface area contributed by atoms with Crippen molar-refractivity contribution in [2.75, 3.05) is 18.9 Å². The van der Waals surface area contributed by atoms with E-state index >= 15 is 0 Å². The van der Waals surface area contributed by atoms with Crippen molar-refractivity contribution < 1.29 is 9.53 Å². The van der Waals surface area contributed by atoms with Gasteiger partial charge in [0.2, 0.25) is 5.91 Å². The average Bonchev–Trinajstić information content (AvgIpc) is 3.22. The zero-order valence-electron chi connectivity index (χ0n) is 13.1. The number of hydrogen-bond acceptors (Lipinski definition) is 4. The van der Waals surface area contributed by atoms with Crippen molar-refractivity contribution in [3.05, 3.63) is 42.1 Å². The molecule has 2 heterocycles. The number of carbonyl (C=O) groups is 1. The number of nitrogen functional groups attached to an aromatic ring is 1. The molecule has 0 bridgehead atoms. The van der Waals surface area contributed by atoms with Gasteiger partial charge in [-0.05, 0) is 37.8 Å². The molecule has 0 spiro atoms. The molecule has 6 nitrogen and oxygen atoms in total. The molecule has 1 aliphatic heterocycles. The topological polar surface area (TPSA) is 82.2 Å². The zero-order chi connectivity index (χ0) is 16.1. The second-order valence-corrected chi connectivity index (χ2v) is 5.70. The molecular weight excluding hydrogens is 292 g/mol. The molecule has 0 radical (unpaired) electrons. The van der Waals surface area contributed by atoms with Crippen LogP contribution in [0.25, 0.3) is 5.69 Å². The van der Waals surface area contributed by atoms with Crippen LogP contribution in [-0.2, 0) is 16.0 Å². The van der Waals surface area contributed by atoms with Crippen molar-refractivity contribution in [3.63, 3.8) is 0 Å². The van der Waals surface area contributed by atoms with Crippen molar-refractivity contribution in [2.45, 2.75) is 31.8 Å². The largest absolute Gasteiger partial charge is 0.384 e. The first-order valence-electron chi connectivity index (χ1n) is 8.03. The summed E-state index contributed by atoms with van der Waals surface area (Å²) in [6, 6.07) is 11.7. The SMILES string of the molecule is Nc1cc(CCCNC(=O)[C@H]2CCCO2)nn1-c1ccccc1. The van der Waals surface area contributed by atoms with E-state index in [2.05, 4.69) is 10.4 Å². The van der Waals surface area contributed by atoms with E-state index in [-0.39, 0.29) is 12.0 Å². The molecule has 0 saturated carbocycles. The fourth-order valence-electron chi connectivity index (χ4n) is 2.72. The molecule has 1 aliphatic rings. The van der Waals surface area contributed by atoms with E-state index in [1.807, 2.05) is 36.4 Å². The molecule has 1 saturated heterocycles. The quantitative estimate of drug-likeness (QED) is 0.795. The first-order valence-corrected chi connectivity index (χ1v) is 8.03. The highest BCUT2D eigenvalue weighted by Crippen LogP contribution is 2.15. The Hall–Kier alpha value is -2.34. The summed E-state index contributed by atoms with van der Waals surface area (Å²) in [5.41, 5.74) is 7.90. The van der Waals surface area contributed by atoms with Crippen LogP contribution in [0.4, 0.5) is 5.82 Å². The number of ether oxygens (including phenoxy) is 1. The first-order chi connectivity index (χ1) is 11.2. The smallest absolute Gasteiger partial charge is 0.249 e. The van der Waals surface area contributed by atoms with Crippen LogP contribution in [0, 0.1) is 0 Å². The van der Waals surface area contributed by atoms with Gasteiger partial charge in [0.1, 0.15) is 11.9 Å². The van der Waals surface area contributed by atoms with Gasteiger partial charge in [-0.25, -0.2) is 4.68 Å². The highest BCUT2D eigenvalue weighted by Gasteiger charge is 2.22. The standard InChI is InChI=1S/C17H22N4O2/c18-16-12-13(20-21(16)14-7-2-1-3-8-14)6-4-10-19-17(22)15-9-5-11-23-15/h1-3,7-8,12,15H,4-6,9-11,18H2,(H,19,22)/t15-/m1/s1. The summed E-state index contributed by atoms with van der Waals surface area (Å²) in [6.07, 6.45) is 3.13. The van der Waals surface area contributed by atoms with E-state index in [1.54, 1.807) is 4.68 Å². The lowest BCUT2D eigenvalue weighted by molar-refractivity contribution is -0.130. The van der Waals surface area contributed by atoms with Crippen LogP contribution in [0.5, 0.6) is 0 Å². The molecule has 1 aromatic heterocycles. The van der Waals surface area contributed by atoms with Crippen LogP contribution in [0.15, 0.2) is 36.4 Å². The van der Waals surface area contributed by atoms with E-state index in [1.165, 1.54) is 0 Å². The number of carbonyl (C=O) groups excluding carboxylic acids is 1. The molecule has 1 amide bonds. The molecule has 1 atom stereocenters. The predicted molar refractivity (Wildman–Crippen MR) is 88.3 cm³/mol. The lowest BCUT2D eigenvalue weighted by atomic mass is 10.2. The summed E-state index contributed by atoms with van der Waals surface area (Å²) in [4.78, 5) is 11.8. The monoisotopic (exact) mass is 314 g/mol. The van der Waals surface area contributed by atoms with Gasteiger partial charge in [-0.1, -0.05) is 18.2 Å². The van der Waals surface area contributed by atoms with Gasteiger partial charge in [-0.3, -0.25) is 4.79 Å². The molecule has 0 aliphatic carbocycles. The van der Waals surface area contributed by atoms with Crippen molar-refractivity contribution in [3.8, 4) is 5.69 Å². The number of hydrogen-bond donors (Lipinski definition) is 2. The van der Waals surface area contributed by atoms with Gasteiger partial charge in [-0.15, -0.1) is 0 Å². The van der Waals surface area contributed by atoms with E-state index in [0.717, 1.165) is 37.1 Å². The Labute approximate surface area is 135 Å². The summed E-state index contributed by atoms with van der Waals surface area (Å²) in [7, 11) is 0. The van der Waals surface area contributed by atoms with Gasteiger partial charge in [-0.2, -0.15) is 5.10 Å². The Morgan fingerprint density at radius 3 is 2.96 bits per heavy atom. The molecule has 2 aromatic rings. The van der Waals surface area contributed by atoms with Gasteiger partial charge >= 0.3 is 0 Å². The fraction of sp³-hybridized carbons (Fsp3) is 0.412. The molecule has 1 aromatic carbocycles. The van der Waals surface area contributed by atoms with Crippen LogP contribution < -0.4 is 11.1 Å². The number of amides is 1. The number of aryl methyl sites for hydroxylation is 1. The van der Waals surface area contributed by atoms with E-state index in [0.29, 0.717) is 19.0 Å². The maximum absolute atomic E-state index is 11.8. The van der Waals surface area contributed by atoms with Gasteiger partial charge < -0.3 is 15.8 Å². The molecule has 3 N–H and O–H groups in total. The maximum atomic E-state index is 11.8. The van der Waals surface area contributed by atoms with Crippen LogP contribution in [0.1, 0.15) is 25.0 Å². The number of benzene rings is 1.